The monoisotopic (exact) mass is 516 g/mol. The molecule has 0 spiro atoms. The van der Waals surface area contributed by atoms with Crippen molar-refractivity contribution < 1.29 is 33.4 Å². The summed E-state index contributed by atoms with van der Waals surface area (Å²) < 4.78 is 23.6. The number of hydrogen-bond acceptors (Lipinski definition) is 5. The van der Waals surface area contributed by atoms with Crippen molar-refractivity contribution in [2.45, 2.75) is 38.3 Å². The number of carboxylic acid groups (broad SMARTS) is 1. The first-order valence-corrected chi connectivity index (χ1v) is 11.6. The third kappa shape index (κ3) is 8.74. The number of amides is 2. The molecule has 0 bridgehead atoms. The van der Waals surface area contributed by atoms with Gasteiger partial charge in [0.2, 0.25) is 5.91 Å². The number of carbonyl (C=O) groups excluding carboxylic acids is 2. The number of anilines is 1. The van der Waals surface area contributed by atoms with Crippen LogP contribution in [-0.4, -0.2) is 35.7 Å². The summed E-state index contributed by atoms with van der Waals surface area (Å²) in [6.07, 6.45) is 3.14. The molecule has 2 aromatic rings. The Balaban J connectivity index is 1.40. The summed E-state index contributed by atoms with van der Waals surface area (Å²) in [5.74, 6) is -1.20. The van der Waals surface area contributed by atoms with Gasteiger partial charge in [-0.2, -0.15) is 0 Å². The molecule has 1 atom stereocenters. The highest BCUT2D eigenvalue weighted by Gasteiger charge is 2.21. The minimum Gasteiger partial charge on any atom is -0.492 e. The maximum absolute atomic E-state index is 13.1. The Bertz CT molecular complexity index is 1150. The van der Waals surface area contributed by atoms with E-state index in [1.54, 1.807) is 54.6 Å². The molecule has 1 aliphatic carbocycles. The lowest BCUT2D eigenvalue weighted by atomic mass is 10.0. The van der Waals surface area contributed by atoms with Gasteiger partial charge >= 0.3 is 12.1 Å². The highest BCUT2D eigenvalue weighted by Crippen LogP contribution is 2.23. The summed E-state index contributed by atoms with van der Waals surface area (Å²) in [6, 6.07) is 12.3. The summed E-state index contributed by atoms with van der Waals surface area (Å²) in [4.78, 5) is 35.8. The lowest BCUT2D eigenvalue weighted by Gasteiger charge is -2.15. The summed E-state index contributed by atoms with van der Waals surface area (Å²) in [5.41, 5.74) is 2.07. The molecule has 2 aromatic carbocycles. The molecule has 8 nitrogen and oxygen atoms in total. The minimum atomic E-state index is -1.22. The summed E-state index contributed by atoms with van der Waals surface area (Å²) in [7, 11) is 0. The highest BCUT2D eigenvalue weighted by molar-refractivity contribution is 6.32. The van der Waals surface area contributed by atoms with E-state index in [0.717, 1.165) is 5.57 Å². The van der Waals surface area contributed by atoms with Crippen molar-refractivity contribution in [3.63, 3.8) is 0 Å². The average molecular weight is 517 g/mol. The number of ether oxygens (including phenoxy) is 2. The minimum absolute atomic E-state index is 0.00613. The van der Waals surface area contributed by atoms with Gasteiger partial charge in [0.25, 0.3) is 0 Å². The van der Waals surface area contributed by atoms with Crippen LogP contribution < -0.4 is 15.4 Å². The largest absolute Gasteiger partial charge is 0.492 e. The number of halogens is 2. The van der Waals surface area contributed by atoms with Gasteiger partial charge in [-0.25, -0.2) is 14.0 Å². The van der Waals surface area contributed by atoms with Gasteiger partial charge in [-0.3, -0.25) is 4.79 Å². The SMILES string of the molecule is O=C(CC1=CC=C(F)CC1)Nc1ccc(COC(=O)NC(CCOc2ccccc2Cl)C(=O)O)cc1. The van der Waals surface area contributed by atoms with Crippen molar-refractivity contribution in [3.05, 3.63) is 82.7 Å². The van der Waals surface area contributed by atoms with E-state index in [0.29, 0.717) is 34.9 Å². The van der Waals surface area contributed by atoms with Gasteiger partial charge in [-0.1, -0.05) is 47.5 Å². The summed E-state index contributed by atoms with van der Waals surface area (Å²) >= 11 is 6.00. The molecule has 36 heavy (non-hydrogen) atoms. The molecule has 190 valence electrons. The molecule has 0 fully saturated rings. The predicted molar refractivity (Wildman–Crippen MR) is 133 cm³/mol. The lowest BCUT2D eigenvalue weighted by molar-refractivity contribution is -0.139. The number of aliphatic carboxylic acids is 1. The average Bonchev–Trinajstić information content (AvgIpc) is 2.85. The number of carboxylic acids is 1. The van der Waals surface area contributed by atoms with E-state index >= 15 is 0 Å². The number of rotatable bonds is 11. The topological polar surface area (TPSA) is 114 Å². The molecule has 3 N–H and O–H groups in total. The Morgan fingerprint density at radius 2 is 1.81 bits per heavy atom. The fraction of sp³-hybridized carbons (Fsp3) is 0.269. The fourth-order valence-corrected chi connectivity index (χ4v) is 3.53. The Kier molecular flexibility index (Phi) is 9.88. The van der Waals surface area contributed by atoms with Crippen LogP contribution in [0.25, 0.3) is 0 Å². The van der Waals surface area contributed by atoms with Gasteiger partial charge in [-0.05, 0) is 42.3 Å². The van der Waals surface area contributed by atoms with Crippen molar-refractivity contribution >= 4 is 35.3 Å². The van der Waals surface area contributed by atoms with Crippen LogP contribution in [0.4, 0.5) is 14.9 Å². The predicted octanol–water partition coefficient (Wildman–Crippen LogP) is 5.39. The van der Waals surface area contributed by atoms with Gasteiger partial charge in [0.05, 0.1) is 11.6 Å². The molecule has 2 amide bonds. The van der Waals surface area contributed by atoms with Crippen LogP contribution in [-0.2, 0) is 20.9 Å². The highest BCUT2D eigenvalue weighted by atomic mass is 35.5. The molecule has 1 unspecified atom stereocenters. The van der Waals surface area contributed by atoms with Gasteiger partial charge < -0.3 is 25.2 Å². The third-order valence-electron chi connectivity index (χ3n) is 5.27. The molecule has 3 rings (SSSR count). The zero-order valence-corrected chi connectivity index (χ0v) is 20.1. The van der Waals surface area contributed by atoms with Crippen LogP contribution in [0.15, 0.2) is 72.1 Å². The zero-order valence-electron chi connectivity index (χ0n) is 19.3. The molecule has 0 heterocycles. The van der Waals surface area contributed by atoms with Gasteiger partial charge in [-0.15, -0.1) is 0 Å². The number of carbonyl (C=O) groups is 3. The summed E-state index contributed by atoms with van der Waals surface area (Å²) in [5, 5.41) is 14.8. The van der Waals surface area contributed by atoms with E-state index in [2.05, 4.69) is 10.6 Å². The van der Waals surface area contributed by atoms with Gasteiger partial charge in [0, 0.05) is 24.9 Å². The van der Waals surface area contributed by atoms with Crippen LogP contribution in [0.3, 0.4) is 0 Å². The molecule has 1 aliphatic rings. The number of alkyl carbamates (subject to hydrolysis) is 1. The van der Waals surface area contributed by atoms with Crippen molar-refractivity contribution in [1.82, 2.24) is 5.32 Å². The number of para-hydroxylation sites is 1. The van der Waals surface area contributed by atoms with E-state index < -0.39 is 18.1 Å². The lowest BCUT2D eigenvalue weighted by Crippen LogP contribution is -2.42. The van der Waals surface area contributed by atoms with E-state index in [4.69, 9.17) is 21.1 Å². The third-order valence-corrected chi connectivity index (χ3v) is 5.58. The van der Waals surface area contributed by atoms with Crippen LogP contribution in [0, 0.1) is 0 Å². The number of hydrogen-bond donors (Lipinski definition) is 3. The van der Waals surface area contributed by atoms with Crippen LogP contribution in [0.2, 0.25) is 5.02 Å². The van der Waals surface area contributed by atoms with Crippen LogP contribution in [0.5, 0.6) is 5.75 Å². The van der Waals surface area contributed by atoms with E-state index in [1.165, 1.54) is 6.08 Å². The first kappa shape index (κ1) is 26.7. The van der Waals surface area contributed by atoms with Crippen LogP contribution in [0.1, 0.15) is 31.2 Å². The van der Waals surface area contributed by atoms with Crippen molar-refractivity contribution in [3.8, 4) is 5.75 Å². The maximum Gasteiger partial charge on any atom is 0.408 e. The Morgan fingerprint density at radius 3 is 2.47 bits per heavy atom. The quantitative estimate of drug-likeness (QED) is 0.369. The molecule has 0 aromatic heterocycles. The number of allylic oxidation sites excluding steroid dienone is 3. The second-order valence-corrected chi connectivity index (χ2v) is 8.45. The second-order valence-electron chi connectivity index (χ2n) is 8.04. The summed E-state index contributed by atoms with van der Waals surface area (Å²) in [6.45, 7) is -0.0632. The normalized spacial score (nSPS) is 13.6. The maximum atomic E-state index is 13.1. The van der Waals surface area contributed by atoms with E-state index in [1.807, 2.05) is 0 Å². The molecule has 0 aliphatic heterocycles. The van der Waals surface area contributed by atoms with Gasteiger partial charge in [0.15, 0.2) is 0 Å². The van der Waals surface area contributed by atoms with Crippen molar-refractivity contribution in [2.75, 3.05) is 11.9 Å². The fourth-order valence-electron chi connectivity index (χ4n) is 3.34. The first-order chi connectivity index (χ1) is 17.3. The second kappa shape index (κ2) is 13.3. The molecule has 0 saturated carbocycles. The zero-order chi connectivity index (χ0) is 25.9. The Morgan fingerprint density at radius 1 is 1.06 bits per heavy atom. The first-order valence-electron chi connectivity index (χ1n) is 11.3. The number of benzene rings is 2. The molecular formula is C26H26ClFN2O6. The van der Waals surface area contributed by atoms with E-state index in [9.17, 15) is 23.9 Å². The smallest absolute Gasteiger partial charge is 0.408 e. The molecule has 10 heteroatoms. The van der Waals surface area contributed by atoms with Crippen molar-refractivity contribution in [2.24, 2.45) is 0 Å². The molecule has 0 radical (unpaired) electrons. The van der Waals surface area contributed by atoms with Crippen molar-refractivity contribution in [1.29, 1.82) is 0 Å². The molecular weight excluding hydrogens is 491 g/mol. The Hall–Kier alpha value is -3.85. The number of nitrogens with one attached hydrogen (secondary N) is 2. The van der Waals surface area contributed by atoms with Crippen LogP contribution >= 0.6 is 11.6 Å². The van der Waals surface area contributed by atoms with Gasteiger partial charge in [0.1, 0.15) is 24.2 Å². The Labute approximate surface area is 212 Å². The molecule has 0 saturated heterocycles. The van der Waals surface area contributed by atoms with E-state index in [-0.39, 0.29) is 37.8 Å². The standard InChI is InChI=1S/C26H26ClFN2O6/c27-21-3-1-2-4-23(21)35-14-13-22(25(32)33)30-26(34)36-16-18-7-11-20(12-8-18)29-24(31)15-17-5-9-19(28)10-6-17/h1-5,7-9,11-12,22H,6,10,13-16H2,(H,29,31)(H,30,34)(H,32,33).